The van der Waals surface area contributed by atoms with Gasteiger partial charge in [0.15, 0.2) is 0 Å². The second-order valence-corrected chi connectivity index (χ2v) is 6.85. The Morgan fingerprint density at radius 2 is 1.85 bits per heavy atom. The minimum Gasteiger partial charge on any atom is -0.326 e. The topological polar surface area (TPSA) is 76.9 Å². The van der Waals surface area contributed by atoms with Crippen molar-refractivity contribution in [3.8, 4) is 0 Å². The van der Waals surface area contributed by atoms with Crippen molar-refractivity contribution in [3.63, 3.8) is 0 Å². The number of anilines is 1. The summed E-state index contributed by atoms with van der Waals surface area (Å²) in [4.78, 5) is 29.7. The number of carbonyl (C=O) groups excluding carboxylic acids is 2. The van der Waals surface area contributed by atoms with Gasteiger partial charge in [0.2, 0.25) is 5.91 Å². The van der Waals surface area contributed by atoms with Gasteiger partial charge in [0, 0.05) is 29.9 Å². The molecule has 2 aromatic heterocycles. The number of rotatable bonds is 4. The standard InChI is InChI=1S/C19H18N4O2S/c1-12-18(26-17-8-6-16(7-9-17)21-14(3)24)13(2)23(22-12)19(25)15-5-4-10-20-11-15/h4-11H,1-3H3,(H,21,24). The lowest BCUT2D eigenvalue weighted by Crippen LogP contribution is -2.15. The van der Waals surface area contributed by atoms with Gasteiger partial charge in [-0.2, -0.15) is 9.78 Å². The van der Waals surface area contributed by atoms with Crippen LogP contribution in [0.25, 0.3) is 0 Å². The van der Waals surface area contributed by atoms with Gasteiger partial charge in [0.05, 0.1) is 21.8 Å². The van der Waals surface area contributed by atoms with Crippen LogP contribution in [0.5, 0.6) is 0 Å². The molecule has 0 fully saturated rings. The normalized spacial score (nSPS) is 10.6. The minimum atomic E-state index is -0.202. The first-order chi connectivity index (χ1) is 12.5. The van der Waals surface area contributed by atoms with Crippen LogP contribution < -0.4 is 5.32 Å². The van der Waals surface area contributed by atoms with Gasteiger partial charge in [-0.3, -0.25) is 14.6 Å². The fraction of sp³-hybridized carbons (Fsp3) is 0.158. The first-order valence-corrected chi connectivity index (χ1v) is 8.84. The van der Waals surface area contributed by atoms with Crippen LogP contribution in [0.1, 0.15) is 28.7 Å². The van der Waals surface area contributed by atoms with Crippen molar-refractivity contribution >= 4 is 29.3 Å². The van der Waals surface area contributed by atoms with Crippen molar-refractivity contribution in [2.75, 3.05) is 5.32 Å². The lowest BCUT2D eigenvalue weighted by Gasteiger charge is -2.06. The Hall–Kier alpha value is -2.93. The maximum absolute atomic E-state index is 12.6. The average molecular weight is 366 g/mol. The van der Waals surface area contributed by atoms with Crippen LogP contribution in [-0.2, 0) is 4.79 Å². The van der Waals surface area contributed by atoms with Gasteiger partial charge in [0.1, 0.15) is 0 Å². The number of carbonyl (C=O) groups is 2. The molecule has 2 heterocycles. The second-order valence-electron chi connectivity index (χ2n) is 5.77. The number of aromatic nitrogens is 3. The molecule has 0 bridgehead atoms. The van der Waals surface area contributed by atoms with Gasteiger partial charge in [-0.1, -0.05) is 11.8 Å². The third-order valence-electron chi connectivity index (χ3n) is 3.72. The highest BCUT2D eigenvalue weighted by Gasteiger charge is 2.18. The molecule has 3 aromatic rings. The summed E-state index contributed by atoms with van der Waals surface area (Å²) in [6, 6.07) is 11.0. The molecule has 0 radical (unpaired) electrons. The largest absolute Gasteiger partial charge is 0.326 e. The third kappa shape index (κ3) is 3.83. The van der Waals surface area contributed by atoms with Crippen molar-refractivity contribution in [2.45, 2.75) is 30.6 Å². The van der Waals surface area contributed by atoms with Crippen molar-refractivity contribution in [1.29, 1.82) is 0 Å². The molecular weight excluding hydrogens is 348 g/mol. The molecule has 7 heteroatoms. The van der Waals surface area contributed by atoms with Crippen molar-refractivity contribution in [1.82, 2.24) is 14.8 Å². The van der Waals surface area contributed by atoms with E-state index >= 15 is 0 Å². The van der Waals surface area contributed by atoms with E-state index in [2.05, 4.69) is 15.4 Å². The Morgan fingerprint density at radius 1 is 1.12 bits per heavy atom. The van der Waals surface area contributed by atoms with Gasteiger partial charge in [-0.15, -0.1) is 0 Å². The number of nitrogens with zero attached hydrogens (tertiary/aromatic N) is 3. The summed E-state index contributed by atoms with van der Waals surface area (Å²) in [5.74, 6) is -0.307. The van der Waals surface area contributed by atoms with Crippen LogP contribution in [0.15, 0.2) is 58.6 Å². The summed E-state index contributed by atoms with van der Waals surface area (Å²) >= 11 is 1.54. The Kier molecular flexibility index (Phi) is 5.18. The Morgan fingerprint density at radius 3 is 2.46 bits per heavy atom. The fourth-order valence-corrected chi connectivity index (χ4v) is 3.44. The summed E-state index contributed by atoms with van der Waals surface area (Å²) in [6.45, 7) is 5.24. The molecule has 0 aliphatic rings. The van der Waals surface area contributed by atoms with E-state index < -0.39 is 0 Å². The highest BCUT2D eigenvalue weighted by atomic mass is 32.2. The monoisotopic (exact) mass is 366 g/mol. The van der Waals surface area contributed by atoms with Gasteiger partial charge in [-0.25, -0.2) is 0 Å². The van der Waals surface area contributed by atoms with E-state index in [1.54, 1.807) is 18.3 Å². The Bertz CT molecular complexity index is 950. The van der Waals surface area contributed by atoms with Gasteiger partial charge < -0.3 is 5.32 Å². The highest BCUT2D eigenvalue weighted by molar-refractivity contribution is 7.99. The average Bonchev–Trinajstić information content (AvgIpc) is 2.91. The first-order valence-electron chi connectivity index (χ1n) is 8.02. The Labute approximate surface area is 155 Å². The highest BCUT2D eigenvalue weighted by Crippen LogP contribution is 2.33. The smallest absolute Gasteiger partial charge is 0.279 e. The number of benzene rings is 1. The van der Waals surface area contributed by atoms with E-state index in [9.17, 15) is 9.59 Å². The van der Waals surface area contributed by atoms with Gasteiger partial charge >= 0.3 is 0 Å². The summed E-state index contributed by atoms with van der Waals surface area (Å²) in [5, 5.41) is 7.14. The van der Waals surface area contributed by atoms with Crippen LogP contribution in [0.4, 0.5) is 5.69 Å². The molecule has 0 saturated carbocycles. The van der Waals surface area contributed by atoms with Gasteiger partial charge in [-0.05, 0) is 50.2 Å². The second kappa shape index (κ2) is 7.53. The maximum Gasteiger partial charge on any atom is 0.279 e. The molecule has 26 heavy (non-hydrogen) atoms. The molecule has 1 amide bonds. The van der Waals surface area contributed by atoms with Gasteiger partial charge in [0.25, 0.3) is 5.91 Å². The van der Waals surface area contributed by atoms with E-state index in [-0.39, 0.29) is 11.8 Å². The van der Waals surface area contributed by atoms with Crippen LogP contribution in [0.2, 0.25) is 0 Å². The van der Waals surface area contributed by atoms with Crippen LogP contribution >= 0.6 is 11.8 Å². The molecular formula is C19H18N4O2S. The molecule has 1 aromatic carbocycles. The first kappa shape index (κ1) is 17.9. The molecule has 3 rings (SSSR count). The van der Waals surface area contributed by atoms with E-state index in [1.165, 1.54) is 29.6 Å². The summed E-state index contributed by atoms with van der Waals surface area (Å²) in [6.07, 6.45) is 3.16. The lowest BCUT2D eigenvalue weighted by molar-refractivity contribution is -0.114. The number of hydrogen-bond donors (Lipinski definition) is 1. The molecule has 6 nitrogen and oxygen atoms in total. The SMILES string of the molecule is CC(=O)Nc1ccc(Sc2c(C)nn(C(=O)c3cccnc3)c2C)cc1. The number of nitrogens with one attached hydrogen (secondary N) is 1. The predicted molar refractivity (Wildman–Crippen MR) is 101 cm³/mol. The molecule has 0 atom stereocenters. The number of pyridine rings is 1. The summed E-state index contributed by atoms with van der Waals surface area (Å²) < 4.78 is 1.42. The van der Waals surface area contributed by atoms with E-state index in [4.69, 9.17) is 0 Å². The quantitative estimate of drug-likeness (QED) is 0.762. The maximum atomic E-state index is 12.6. The fourth-order valence-electron chi connectivity index (χ4n) is 2.51. The zero-order valence-corrected chi connectivity index (χ0v) is 15.5. The van der Waals surface area contributed by atoms with E-state index in [1.807, 2.05) is 38.1 Å². The lowest BCUT2D eigenvalue weighted by atomic mass is 10.2. The summed E-state index contributed by atoms with van der Waals surface area (Å²) in [5.41, 5.74) is 2.81. The number of hydrogen-bond acceptors (Lipinski definition) is 5. The zero-order valence-electron chi connectivity index (χ0n) is 14.7. The predicted octanol–water partition coefficient (Wildman–Crippen LogP) is 3.69. The molecule has 1 N–H and O–H groups in total. The third-order valence-corrected chi connectivity index (χ3v) is 5.02. The molecule has 132 valence electrons. The van der Waals surface area contributed by atoms with Crippen molar-refractivity contribution in [2.24, 2.45) is 0 Å². The van der Waals surface area contributed by atoms with Crippen LogP contribution in [0.3, 0.4) is 0 Å². The number of amides is 1. The Balaban J connectivity index is 1.84. The van der Waals surface area contributed by atoms with Crippen LogP contribution in [0, 0.1) is 13.8 Å². The minimum absolute atomic E-state index is 0.104. The summed E-state index contributed by atoms with van der Waals surface area (Å²) in [7, 11) is 0. The molecule has 0 saturated heterocycles. The van der Waals surface area contributed by atoms with Crippen LogP contribution in [-0.4, -0.2) is 26.6 Å². The molecule has 0 unspecified atom stereocenters. The molecule has 0 aliphatic heterocycles. The van der Waals surface area contributed by atoms with Crippen molar-refractivity contribution < 1.29 is 9.59 Å². The molecule has 0 aliphatic carbocycles. The zero-order chi connectivity index (χ0) is 18.7. The molecule has 0 spiro atoms. The van der Waals surface area contributed by atoms with E-state index in [0.29, 0.717) is 5.56 Å². The van der Waals surface area contributed by atoms with Crippen molar-refractivity contribution in [3.05, 3.63) is 65.7 Å². The number of aryl methyl sites for hydroxylation is 1. The van der Waals surface area contributed by atoms with E-state index in [0.717, 1.165) is 26.9 Å².